The van der Waals surface area contributed by atoms with Gasteiger partial charge in [-0.3, -0.25) is 14.5 Å². The fourth-order valence-electron chi connectivity index (χ4n) is 6.87. The summed E-state index contributed by atoms with van der Waals surface area (Å²) in [6, 6.07) is 29.6. The third-order valence-electron chi connectivity index (χ3n) is 8.75. The van der Waals surface area contributed by atoms with Gasteiger partial charge in [-0.25, -0.2) is 9.97 Å². The highest BCUT2D eigenvalue weighted by Crippen LogP contribution is 2.52. The van der Waals surface area contributed by atoms with E-state index in [1.165, 1.54) is 4.90 Å². The molecule has 2 aliphatic rings. The molecule has 0 bridgehead atoms. The molecule has 6 aromatic rings. The van der Waals surface area contributed by atoms with Crippen LogP contribution in [0.5, 0.6) is 0 Å². The van der Waals surface area contributed by atoms with Crippen LogP contribution in [0.15, 0.2) is 97.2 Å². The lowest BCUT2D eigenvalue weighted by atomic mass is 9.64. The van der Waals surface area contributed by atoms with Crippen LogP contribution in [-0.4, -0.2) is 36.3 Å². The fraction of sp³-hybridized carbons (Fsp3) is 0.171. The van der Waals surface area contributed by atoms with Gasteiger partial charge in [-0.05, 0) is 55.0 Å². The van der Waals surface area contributed by atoms with E-state index in [0.717, 1.165) is 63.2 Å². The van der Waals surface area contributed by atoms with E-state index in [0.29, 0.717) is 17.0 Å². The third-order valence-corrected chi connectivity index (χ3v) is 8.75. The smallest absolute Gasteiger partial charge is 0.262 e. The molecule has 0 spiro atoms. The number of pyridine rings is 1. The van der Waals surface area contributed by atoms with E-state index in [1.54, 1.807) is 16.6 Å². The van der Waals surface area contributed by atoms with Crippen molar-refractivity contribution in [3.63, 3.8) is 0 Å². The van der Waals surface area contributed by atoms with Gasteiger partial charge in [0.25, 0.3) is 11.8 Å². The van der Waals surface area contributed by atoms with E-state index in [2.05, 4.69) is 59.5 Å². The van der Waals surface area contributed by atoms with Crippen LogP contribution >= 0.6 is 0 Å². The topological polar surface area (TPSA) is 80.5 Å². The number of aryl methyl sites for hydroxylation is 1. The quantitative estimate of drug-likeness (QED) is 0.225. The van der Waals surface area contributed by atoms with Gasteiger partial charge in [-0.2, -0.15) is 9.61 Å². The second-order valence-corrected chi connectivity index (χ2v) is 11.6. The van der Waals surface area contributed by atoms with Gasteiger partial charge in [-0.1, -0.05) is 73.7 Å². The number of fused-ring (bicyclic) bond motifs is 4. The molecule has 42 heavy (non-hydrogen) atoms. The Morgan fingerprint density at radius 3 is 2.12 bits per heavy atom. The van der Waals surface area contributed by atoms with Crippen LogP contribution < -0.4 is 0 Å². The van der Waals surface area contributed by atoms with Crippen LogP contribution in [-0.2, 0) is 5.54 Å². The average molecular weight is 550 g/mol. The van der Waals surface area contributed by atoms with Crippen molar-refractivity contribution in [2.45, 2.75) is 32.2 Å². The van der Waals surface area contributed by atoms with Crippen molar-refractivity contribution in [1.82, 2.24) is 24.5 Å². The Bertz CT molecular complexity index is 2020. The van der Waals surface area contributed by atoms with Crippen LogP contribution in [0.25, 0.3) is 39.1 Å². The molecule has 4 heterocycles. The minimum atomic E-state index is -0.658. The Balaban J connectivity index is 1.26. The highest BCUT2D eigenvalue weighted by atomic mass is 16.2. The molecule has 1 saturated carbocycles. The minimum Gasteiger partial charge on any atom is -0.269 e. The zero-order valence-corrected chi connectivity index (χ0v) is 23.3. The van der Waals surface area contributed by atoms with Crippen LogP contribution in [0.2, 0.25) is 0 Å². The van der Waals surface area contributed by atoms with Crippen molar-refractivity contribution in [3.8, 4) is 22.4 Å². The van der Waals surface area contributed by atoms with E-state index < -0.39 is 5.54 Å². The lowest BCUT2D eigenvalue weighted by Crippen LogP contribution is -2.56. The van der Waals surface area contributed by atoms with Gasteiger partial charge in [0.15, 0.2) is 11.3 Å². The second-order valence-electron chi connectivity index (χ2n) is 11.6. The maximum Gasteiger partial charge on any atom is 0.262 e. The molecule has 0 saturated heterocycles. The van der Waals surface area contributed by atoms with Crippen molar-refractivity contribution in [2.75, 3.05) is 0 Å². The molecule has 7 nitrogen and oxygen atoms in total. The molecule has 0 atom stereocenters. The fourth-order valence-corrected chi connectivity index (χ4v) is 6.87. The largest absolute Gasteiger partial charge is 0.269 e. The van der Waals surface area contributed by atoms with Gasteiger partial charge in [0.05, 0.1) is 28.1 Å². The van der Waals surface area contributed by atoms with Gasteiger partial charge in [0.2, 0.25) is 0 Å². The van der Waals surface area contributed by atoms with Crippen molar-refractivity contribution >= 4 is 28.5 Å². The van der Waals surface area contributed by atoms with Gasteiger partial charge < -0.3 is 0 Å². The zero-order chi connectivity index (χ0) is 28.6. The van der Waals surface area contributed by atoms with Crippen molar-refractivity contribution < 1.29 is 9.59 Å². The number of hydrogen-bond donors (Lipinski definition) is 0. The molecule has 0 unspecified atom stereocenters. The second kappa shape index (κ2) is 8.91. The van der Waals surface area contributed by atoms with E-state index >= 15 is 0 Å². The maximum absolute atomic E-state index is 13.5. The molecule has 2 amide bonds. The summed E-state index contributed by atoms with van der Waals surface area (Å²) in [6.07, 6.45) is 3.33. The van der Waals surface area contributed by atoms with E-state index in [1.807, 2.05) is 49.5 Å². The van der Waals surface area contributed by atoms with Crippen molar-refractivity contribution in [2.24, 2.45) is 5.92 Å². The molecule has 0 radical (unpaired) electrons. The number of carbonyl (C=O) groups is 2. The highest BCUT2D eigenvalue weighted by Gasteiger charge is 2.55. The SMILES string of the molecule is Cc1cc2ncc3cc(-c4ccccc4)c(-c4ccc(C5(N6C(=O)c7ccccc7C6=O)CC(C)C5)cc4)nc3n2n1. The molecule has 7 heteroatoms. The van der Waals surface area contributed by atoms with E-state index in [-0.39, 0.29) is 11.8 Å². The van der Waals surface area contributed by atoms with E-state index in [4.69, 9.17) is 4.98 Å². The summed E-state index contributed by atoms with van der Waals surface area (Å²) in [4.78, 5) is 38.3. The minimum absolute atomic E-state index is 0.207. The molecule has 0 N–H and O–H groups in total. The normalized spacial score (nSPS) is 19.9. The third kappa shape index (κ3) is 3.49. The molecular weight excluding hydrogens is 522 g/mol. The molecule has 1 aliphatic carbocycles. The lowest BCUT2D eigenvalue weighted by Gasteiger charge is -2.51. The Morgan fingerprint density at radius 1 is 0.786 bits per heavy atom. The molecular formula is C35H27N5O2. The number of nitrogens with zero attached hydrogens (tertiary/aromatic N) is 5. The van der Waals surface area contributed by atoms with Crippen LogP contribution in [0, 0.1) is 12.8 Å². The molecule has 3 aromatic heterocycles. The number of rotatable bonds is 4. The summed E-state index contributed by atoms with van der Waals surface area (Å²) in [6.45, 7) is 4.12. The first kappa shape index (κ1) is 24.6. The van der Waals surface area contributed by atoms with E-state index in [9.17, 15) is 9.59 Å². The molecule has 1 aliphatic heterocycles. The summed E-state index contributed by atoms with van der Waals surface area (Å²) in [7, 11) is 0. The summed E-state index contributed by atoms with van der Waals surface area (Å²) in [5.41, 5.74) is 7.47. The maximum atomic E-state index is 13.5. The van der Waals surface area contributed by atoms with Crippen LogP contribution in [0.3, 0.4) is 0 Å². The summed E-state index contributed by atoms with van der Waals surface area (Å²) in [5, 5.41) is 5.55. The standard InChI is InChI=1S/C35H27N5O2/c1-21-18-35(19-21,39-33(41)27-10-6-7-11-28(27)34(39)42)26-14-12-24(13-15-26)31-29(23-8-4-3-5-9-23)17-25-20-36-30-16-22(2)38-40(30)32(25)37-31/h3-17,20-21H,18-19H2,1-2H3. The lowest BCUT2D eigenvalue weighted by molar-refractivity contribution is -0.00198. The monoisotopic (exact) mass is 549 g/mol. The number of imide groups is 1. The predicted molar refractivity (Wildman–Crippen MR) is 161 cm³/mol. The van der Waals surface area contributed by atoms with Crippen LogP contribution in [0.1, 0.15) is 51.7 Å². The van der Waals surface area contributed by atoms with Gasteiger partial charge in [-0.15, -0.1) is 0 Å². The highest BCUT2D eigenvalue weighted by molar-refractivity contribution is 6.22. The van der Waals surface area contributed by atoms with Crippen molar-refractivity contribution in [1.29, 1.82) is 0 Å². The Morgan fingerprint density at radius 2 is 1.45 bits per heavy atom. The summed E-state index contributed by atoms with van der Waals surface area (Å²) < 4.78 is 1.80. The summed E-state index contributed by atoms with van der Waals surface area (Å²) in [5.74, 6) is -0.00284. The molecule has 8 rings (SSSR count). The first-order chi connectivity index (χ1) is 20.4. The number of aromatic nitrogens is 4. The first-order valence-corrected chi connectivity index (χ1v) is 14.2. The predicted octanol–water partition coefficient (Wildman–Crippen LogP) is 6.84. The number of benzene rings is 3. The molecule has 1 fully saturated rings. The molecule has 204 valence electrons. The van der Waals surface area contributed by atoms with Gasteiger partial charge in [0.1, 0.15) is 0 Å². The summed E-state index contributed by atoms with van der Waals surface area (Å²) >= 11 is 0. The number of carbonyl (C=O) groups excluding carboxylic acids is 2. The molecule has 3 aromatic carbocycles. The number of amides is 2. The average Bonchev–Trinajstić information content (AvgIpc) is 3.51. The zero-order valence-electron chi connectivity index (χ0n) is 23.3. The van der Waals surface area contributed by atoms with Gasteiger partial charge >= 0.3 is 0 Å². The van der Waals surface area contributed by atoms with Crippen LogP contribution in [0.4, 0.5) is 0 Å². The van der Waals surface area contributed by atoms with Gasteiger partial charge in [0, 0.05) is 28.8 Å². The Kier molecular flexibility index (Phi) is 5.22. The van der Waals surface area contributed by atoms with Crippen molar-refractivity contribution in [3.05, 3.63) is 120 Å². The number of hydrogen-bond acceptors (Lipinski definition) is 5. The Hall–Kier alpha value is -5.17. The Labute approximate surface area is 242 Å². The first-order valence-electron chi connectivity index (χ1n) is 14.2.